The molecule has 0 aromatic heterocycles. The van der Waals surface area contributed by atoms with Crippen molar-refractivity contribution in [3.05, 3.63) is 29.3 Å². The normalized spacial score (nSPS) is 24.4. The van der Waals surface area contributed by atoms with Crippen LogP contribution in [-0.2, 0) is 12.8 Å². The molecule has 1 aromatic rings. The minimum atomic E-state index is -4.45. The van der Waals surface area contributed by atoms with Crippen LogP contribution in [0.15, 0.2) is 18.2 Å². The van der Waals surface area contributed by atoms with Crippen molar-refractivity contribution in [1.29, 1.82) is 0 Å². The molecule has 0 saturated carbocycles. The largest absolute Gasteiger partial charge is 0.416 e. The topological polar surface area (TPSA) is 26.7 Å². The summed E-state index contributed by atoms with van der Waals surface area (Å²) in [6.45, 7) is 4.91. The van der Waals surface area contributed by atoms with Gasteiger partial charge in [-0.05, 0) is 38.6 Å². The van der Waals surface area contributed by atoms with Crippen LogP contribution in [0.3, 0.4) is 0 Å². The highest BCUT2D eigenvalue weighted by Crippen LogP contribution is 2.35. The predicted octanol–water partition coefficient (Wildman–Crippen LogP) is 2.73. The van der Waals surface area contributed by atoms with Crippen molar-refractivity contribution in [2.45, 2.75) is 38.7 Å². The third-order valence-corrected chi connectivity index (χ3v) is 4.29. The summed E-state index contributed by atoms with van der Waals surface area (Å²) in [4.78, 5) is 4.20. The first-order valence-electron chi connectivity index (χ1n) is 7.02. The van der Waals surface area contributed by atoms with Gasteiger partial charge in [0, 0.05) is 30.9 Å². The van der Waals surface area contributed by atoms with E-state index in [0.717, 1.165) is 6.07 Å². The van der Waals surface area contributed by atoms with Crippen molar-refractivity contribution >= 4 is 5.69 Å². The van der Waals surface area contributed by atoms with Gasteiger partial charge < -0.3 is 10.0 Å². The molecule has 1 aliphatic rings. The van der Waals surface area contributed by atoms with E-state index in [1.807, 2.05) is 11.9 Å². The summed E-state index contributed by atoms with van der Waals surface area (Å²) < 4.78 is 39.2. The van der Waals surface area contributed by atoms with Gasteiger partial charge >= 0.3 is 6.18 Å². The average Bonchev–Trinajstić information content (AvgIpc) is 2.42. The summed E-state index contributed by atoms with van der Waals surface area (Å²) in [6.07, 6.45) is -4.45. The van der Waals surface area contributed by atoms with Gasteiger partial charge in [0.05, 0.1) is 12.2 Å². The Kier molecular flexibility index (Phi) is 4.49. The van der Waals surface area contributed by atoms with E-state index < -0.39 is 18.3 Å². The molecule has 2 atom stereocenters. The number of halogens is 3. The van der Waals surface area contributed by atoms with E-state index in [4.69, 9.17) is 5.11 Å². The molecule has 1 N–H and O–H groups in total. The summed E-state index contributed by atoms with van der Waals surface area (Å²) in [5, 5.41) is 9.08. The Morgan fingerprint density at radius 1 is 1.19 bits per heavy atom. The number of piperazine rings is 1. The zero-order chi connectivity index (χ0) is 15.8. The van der Waals surface area contributed by atoms with Gasteiger partial charge in [-0.2, -0.15) is 13.2 Å². The van der Waals surface area contributed by atoms with Crippen LogP contribution in [0, 0.1) is 0 Å². The first-order chi connectivity index (χ1) is 9.74. The Morgan fingerprint density at radius 2 is 1.76 bits per heavy atom. The Hall–Kier alpha value is -1.27. The van der Waals surface area contributed by atoms with Gasteiger partial charge in [-0.25, -0.2) is 0 Å². The molecule has 1 saturated heterocycles. The van der Waals surface area contributed by atoms with Crippen molar-refractivity contribution < 1.29 is 18.3 Å². The van der Waals surface area contributed by atoms with E-state index in [1.54, 1.807) is 6.07 Å². The molecule has 2 unspecified atom stereocenters. The predicted molar refractivity (Wildman–Crippen MR) is 76.3 cm³/mol. The molecule has 2 rings (SSSR count). The lowest BCUT2D eigenvalue weighted by atomic mass is 10.0. The first kappa shape index (κ1) is 16.1. The molecule has 1 fully saturated rings. The maximum atomic E-state index is 13.1. The van der Waals surface area contributed by atoms with Gasteiger partial charge in [0.1, 0.15) is 0 Å². The maximum Gasteiger partial charge on any atom is 0.416 e. The highest BCUT2D eigenvalue weighted by Gasteiger charge is 2.34. The van der Waals surface area contributed by atoms with Crippen LogP contribution < -0.4 is 4.90 Å². The van der Waals surface area contributed by atoms with Gasteiger partial charge in [0.15, 0.2) is 0 Å². The number of nitrogens with zero attached hydrogens (tertiary/aromatic N) is 2. The van der Waals surface area contributed by atoms with Crippen molar-refractivity contribution in [3.63, 3.8) is 0 Å². The van der Waals surface area contributed by atoms with E-state index in [2.05, 4.69) is 18.7 Å². The number of benzene rings is 1. The molecule has 3 nitrogen and oxygen atoms in total. The summed E-state index contributed by atoms with van der Waals surface area (Å²) >= 11 is 0. The van der Waals surface area contributed by atoms with Crippen LogP contribution in [0.5, 0.6) is 0 Å². The molecule has 1 aliphatic heterocycles. The fourth-order valence-electron chi connectivity index (χ4n) is 2.78. The van der Waals surface area contributed by atoms with Gasteiger partial charge in [-0.15, -0.1) is 0 Å². The third-order valence-electron chi connectivity index (χ3n) is 4.29. The fourth-order valence-corrected chi connectivity index (χ4v) is 2.78. The zero-order valence-electron chi connectivity index (χ0n) is 12.5. The summed E-state index contributed by atoms with van der Waals surface area (Å²) in [7, 11) is 2.03. The molecule has 6 heteroatoms. The second kappa shape index (κ2) is 5.85. The Morgan fingerprint density at radius 3 is 2.24 bits per heavy atom. The van der Waals surface area contributed by atoms with Crippen LogP contribution in [0.4, 0.5) is 18.9 Å². The second-order valence-corrected chi connectivity index (χ2v) is 5.77. The molecule has 0 spiro atoms. The van der Waals surface area contributed by atoms with Gasteiger partial charge in [0.2, 0.25) is 0 Å². The molecule has 0 bridgehead atoms. The number of rotatable bonds is 2. The van der Waals surface area contributed by atoms with Crippen LogP contribution in [-0.4, -0.2) is 42.2 Å². The molecule has 0 radical (unpaired) electrons. The van der Waals surface area contributed by atoms with Crippen LogP contribution in [0.1, 0.15) is 25.0 Å². The van der Waals surface area contributed by atoms with Crippen molar-refractivity contribution in [3.8, 4) is 0 Å². The van der Waals surface area contributed by atoms with E-state index in [0.29, 0.717) is 18.8 Å². The lowest BCUT2D eigenvalue weighted by Gasteiger charge is -2.43. The summed E-state index contributed by atoms with van der Waals surface area (Å²) in [5.41, 5.74) is -0.269. The molecular formula is C15H21F3N2O. The highest BCUT2D eigenvalue weighted by molar-refractivity contribution is 5.52. The first-order valence-corrected chi connectivity index (χ1v) is 7.02. The molecule has 0 amide bonds. The lowest BCUT2D eigenvalue weighted by Crippen LogP contribution is -2.55. The molecule has 21 heavy (non-hydrogen) atoms. The monoisotopic (exact) mass is 302 g/mol. The van der Waals surface area contributed by atoms with Crippen molar-refractivity contribution in [2.75, 3.05) is 25.0 Å². The molecular weight excluding hydrogens is 281 g/mol. The second-order valence-electron chi connectivity index (χ2n) is 5.77. The Labute approximate surface area is 123 Å². The van der Waals surface area contributed by atoms with Crippen LogP contribution >= 0.6 is 0 Å². The molecule has 0 aliphatic carbocycles. The smallest absolute Gasteiger partial charge is 0.392 e. The molecule has 1 heterocycles. The van der Waals surface area contributed by atoms with Crippen molar-refractivity contribution in [1.82, 2.24) is 4.90 Å². The minimum Gasteiger partial charge on any atom is -0.392 e. The van der Waals surface area contributed by atoms with E-state index in [9.17, 15) is 13.2 Å². The molecule has 1 aromatic carbocycles. The highest BCUT2D eigenvalue weighted by atomic mass is 19.4. The maximum absolute atomic E-state index is 13.1. The number of aliphatic hydroxyl groups excluding tert-OH is 1. The number of likely N-dealkylation sites (N-methyl/N-ethyl adjacent to an activating group) is 1. The summed E-state index contributed by atoms with van der Waals surface area (Å²) in [5.74, 6) is 0. The number of anilines is 1. The Balaban J connectivity index is 2.33. The standard InChI is InChI=1S/C15H21F3N2O/c1-10-7-20(8-11(2)19(10)3)13-5-4-12(9-21)14(6-13)15(16,17)18/h4-6,10-11,21H,7-9H2,1-3H3. The van der Waals surface area contributed by atoms with Crippen molar-refractivity contribution in [2.24, 2.45) is 0 Å². The van der Waals surface area contributed by atoms with Gasteiger partial charge in [-0.1, -0.05) is 6.07 Å². The third kappa shape index (κ3) is 3.32. The quantitative estimate of drug-likeness (QED) is 0.910. The number of hydrogen-bond donors (Lipinski definition) is 1. The number of hydrogen-bond acceptors (Lipinski definition) is 3. The number of alkyl halides is 3. The van der Waals surface area contributed by atoms with E-state index in [-0.39, 0.29) is 17.6 Å². The van der Waals surface area contributed by atoms with E-state index in [1.165, 1.54) is 6.07 Å². The molecule has 118 valence electrons. The van der Waals surface area contributed by atoms with Gasteiger partial charge in [0.25, 0.3) is 0 Å². The SMILES string of the molecule is CC1CN(c2ccc(CO)c(C(F)(F)F)c2)CC(C)N1C. The summed E-state index contributed by atoms with van der Waals surface area (Å²) in [6, 6.07) is 4.73. The number of aliphatic hydroxyl groups is 1. The minimum absolute atomic E-state index is 0.0820. The zero-order valence-corrected chi connectivity index (χ0v) is 12.5. The lowest BCUT2D eigenvalue weighted by molar-refractivity contribution is -0.138. The van der Waals surface area contributed by atoms with Crippen LogP contribution in [0.25, 0.3) is 0 Å². The van der Waals surface area contributed by atoms with Crippen LogP contribution in [0.2, 0.25) is 0 Å². The van der Waals surface area contributed by atoms with Gasteiger partial charge in [-0.3, -0.25) is 4.90 Å². The average molecular weight is 302 g/mol. The Bertz CT molecular complexity index is 492. The van der Waals surface area contributed by atoms with E-state index >= 15 is 0 Å². The fraction of sp³-hybridized carbons (Fsp3) is 0.600.